The maximum absolute atomic E-state index is 13.1. The Morgan fingerprint density at radius 1 is 1.12 bits per heavy atom. The van der Waals surface area contributed by atoms with E-state index >= 15 is 0 Å². The van der Waals surface area contributed by atoms with Gasteiger partial charge in [0.2, 0.25) is 5.91 Å². The molecule has 1 aliphatic heterocycles. The van der Waals surface area contributed by atoms with Crippen LogP contribution in [0, 0.1) is 5.82 Å². The molecule has 3 rings (SSSR count). The molecule has 0 bridgehead atoms. The fourth-order valence-corrected chi connectivity index (χ4v) is 2.67. The van der Waals surface area contributed by atoms with Crippen molar-refractivity contribution in [2.45, 2.75) is 12.8 Å². The lowest BCUT2D eigenvalue weighted by Crippen LogP contribution is -2.24. The molecule has 24 heavy (non-hydrogen) atoms. The number of halogens is 1. The summed E-state index contributed by atoms with van der Waals surface area (Å²) in [6.07, 6.45) is 0.524. The topological polar surface area (TPSA) is 66.5 Å². The van der Waals surface area contributed by atoms with Crippen molar-refractivity contribution >= 4 is 23.4 Å². The van der Waals surface area contributed by atoms with Crippen molar-refractivity contribution in [3.63, 3.8) is 0 Å². The summed E-state index contributed by atoms with van der Waals surface area (Å²) in [4.78, 5) is 37.2. The summed E-state index contributed by atoms with van der Waals surface area (Å²) in [5.41, 5.74) is 1.53. The highest BCUT2D eigenvalue weighted by Gasteiger charge is 2.35. The second kappa shape index (κ2) is 6.23. The first-order valence-corrected chi connectivity index (χ1v) is 7.47. The van der Waals surface area contributed by atoms with Gasteiger partial charge in [-0.2, -0.15) is 0 Å². The van der Waals surface area contributed by atoms with Crippen LogP contribution in [0.5, 0.6) is 0 Å². The van der Waals surface area contributed by atoms with Gasteiger partial charge in [0.05, 0.1) is 16.8 Å². The minimum atomic E-state index is -0.434. The molecule has 1 N–H and O–H groups in total. The van der Waals surface area contributed by atoms with Gasteiger partial charge in [-0.05, 0) is 36.2 Å². The Labute approximate surface area is 138 Å². The lowest BCUT2D eigenvalue weighted by molar-refractivity contribution is -0.116. The number of rotatable bonds is 4. The fourth-order valence-electron chi connectivity index (χ4n) is 2.67. The maximum Gasteiger partial charge on any atom is 0.263 e. The number of fused-ring (bicyclic) bond motifs is 1. The van der Waals surface area contributed by atoms with Gasteiger partial charge in [0.15, 0.2) is 0 Å². The Morgan fingerprint density at radius 3 is 2.62 bits per heavy atom. The van der Waals surface area contributed by atoms with Crippen LogP contribution < -0.4 is 5.32 Å². The zero-order valence-electron chi connectivity index (χ0n) is 13.0. The maximum atomic E-state index is 13.1. The van der Waals surface area contributed by atoms with E-state index in [4.69, 9.17) is 0 Å². The van der Waals surface area contributed by atoms with Crippen molar-refractivity contribution in [2.24, 2.45) is 0 Å². The molecule has 0 aromatic heterocycles. The third-order valence-corrected chi connectivity index (χ3v) is 3.92. The van der Waals surface area contributed by atoms with E-state index in [1.165, 1.54) is 19.2 Å². The Balaban J connectivity index is 1.72. The van der Waals surface area contributed by atoms with Gasteiger partial charge in [0.1, 0.15) is 5.82 Å². The third kappa shape index (κ3) is 2.90. The highest BCUT2D eigenvalue weighted by Crippen LogP contribution is 2.28. The molecule has 2 aromatic carbocycles. The van der Waals surface area contributed by atoms with Gasteiger partial charge in [0, 0.05) is 13.5 Å². The number of imide groups is 1. The van der Waals surface area contributed by atoms with Crippen molar-refractivity contribution in [1.29, 1.82) is 0 Å². The Kier molecular flexibility index (Phi) is 4.12. The summed E-state index contributed by atoms with van der Waals surface area (Å²) in [6, 6.07) is 10.8. The number of benzene rings is 2. The van der Waals surface area contributed by atoms with Crippen LogP contribution in [-0.4, -0.2) is 29.7 Å². The van der Waals surface area contributed by atoms with Crippen LogP contribution in [0.15, 0.2) is 42.5 Å². The summed E-state index contributed by atoms with van der Waals surface area (Å²) in [7, 11) is 1.40. The Morgan fingerprint density at radius 2 is 1.88 bits per heavy atom. The monoisotopic (exact) mass is 326 g/mol. The van der Waals surface area contributed by atoms with Crippen molar-refractivity contribution in [2.75, 3.05) is 12.4 Å². The molecule has 0 atom stereocenters. The van der Waals surface area contributed by atoms with Crippen LogP contribution in [0.2, 0.25) is 0 Å². The van der Waals surface area contributed by atoms with Crippen LogP contribution in [-0.2, 0) is 11.2 Å². The summed E-state index contributed by atoms with van der Waals surface area (Å²) in [6.45, 7) is 0. The molecule has 0 saturated heterocycles. The summed E-state index contributed by atoms with van der Waals surface area (Å²) < 4.78 is 13.1. The highest BCUT2D eigenvalue weighted by molar-refractivity contribution is 6.24. The molecule has 0 saturated carbocycles. The molecular weight excluding hydrogens is 311 g/mol. The summed E-state index contributed by atoms with van der Waals surface area (Å²) >= 11 is 0. The molecule has 0 fully saturated rings. The second-order valence-corrected chi connectivity index (χ2v) is 5.58. The largest absolute Gasteiger partial charge is 0.325 e. The lowest BCUT2D eigenvalue weighted by Gasteiger charge is -2.09. The minimum absolute atomic E-state index is 0.144. The molecule has 1 aliphatic rings. The second-order valence-electron chi connectivity index (χ2n) is 5.58. The molecular formula is C18H15FN2O3. The highest BCUT2D eigenvalue weighted by atomic mass is 19.1. The van der Waals surface area contributed by atoms with Crippen LogP contribution >= 0.6 is 0 Å². The van der Waals surface area contributed by atoms with Gasteiger partial charge in [0.25, 0.3) is 11.8 Å². The molecule has 122 valence electrons. The average Bonchev–Trinajstić information content (AvgIpc) is 2.79. The van der Waals surface area contributed by atoms with Crippen molar-refractivity contribution < 1.29 is 18.8 Å². The normalized spacial score (nSPS) is 13.2. The van der Waals surface area contributed by atoms with Gasteiger partial charge in [-0.25, -0.2) is 4.39 Å². The quantitative estimate of drug-likeness (QED) is 0.878. The van der Waals surface area contributed by atoms with E-state index in [2.05, 4.69) is 5.32 Å². The number of hydrogen-bond acceptors (Lipinski definition) is 3. The van der Waals surface area contributed by atoms with Gasteiger partial charge < -0.3 is 5.32 Å². The van der Waals surface area contributed by atoms with E-state index in [0.717, 1.165) is 10.5 Å². The average molecular weight is 326 g/mol. The zero-order chi connectivity index (χ0) is 17.3. The number of carbonyl (C=O) groups excluding carboxylic acids is 3. The molecule has 1 heterocycles. The number of nitrogens with one attached hydrogen (secondary N) is 1. The molecule has 2 aromatic rings. The number of carbonyl (C=O) groups is 3. The molecule has 6 heteroatoms. The summed E-state index contributed by atoms with van der Waals surface area (Å²) in [5, 5.41) is 2.67. The molecule has 5 nitrogen and oxygen atoms in total. The predicted molar refractivity (Wildman–Crippen MR) is 86.2 cm³/mol. The van der Waals surface area contributed by atoms with E-state index in [9.17, 15) is 18.8 Å². The molecule has 0 aliphatic carbocycles. The molecule has 0 spiro atoms. The summed E-state index contributed by atoms with van der Waals surface area (Å²) in [5.74, 6) is -1.47. The minimum Gasteiger partial charge on any atom is -0.325 e. The van der Waals surface area contributed by atoms with Crippen molar-refractivity contribution in [1.82, 2.24) is 4.90 Å². The number of anilines is 1. The Bertz CT molecular complexity index is 848. The van der Waals surface area contributed by atoms with E-state index in [-0.39, 0.29) is 35.2 Å². The van der Waals surface area contributed by atoms with Gasteiger partial charge in [-0.1, -0.05) is 18.2 Å². The van der Waals surface area contributed by atoms with E-state index in [1.807, 2.05) is 0 Å². The first kappa shape index (κ1) is 15.9. The number of nitrogens with zero attached hydrogens (tertiary/aromatic N) is 1. The molecule has 0 unspecified atom stereocenters. The van der Waals surface area contributed by atoms with Crippen molar-refractivity contribution in [3.8, 4) is 0 Å². The van der Waals surface area contributed by atoms with Gasteiger partial charge in [-0.3, -0.25) is 19.3 Å². The standard InChI is InChI=1S/C18H15FN2O3/c1-21-17(23)13-6-3-7-14(16(13)18(21)24)20-15(22)9-8-11-4-2-5-12(19)10-11/h2-7,10H,8-9H2,1H3,(H,20,22). The fraction of sp³-hybridized carbons (Fsp3) is 0.167. The first-order valence-electron chi connectivity index (χ1n) is 7.47. The number of amides is 3. The number of aryl methyl sites for hydroxylation is 1. The SMILES string of the molecule is CN1C(=O)c2cccc(NC(=O)CCc3cccc(F)c3)c2C1=O. The van der Waals surface area contributed by atoms with Crippen LogP contribution in [0.25, 0.3) is 0 Å². The van der Waals surface area contributed by atoms with E-state index in [0.29, 0.717) is 12.1 Å². The lowest BCUT2D eigenvalue weighted by atomic mass is 10.1. The predicted octanol–water partition coefficient (Wildman–Crippen LogP) is 2.62. The van der Waals surface area contributed by atoms with E-state index in [1.54, 1.807) is 30.3 Å². The van der Waals surface area contributed by atoms with Gasteiger partial charge >= 0.3 is 0 Å². The van der Waals surface area contributed by atoms with Crippen LogP contribution in [0.1, 0.15) is 32.7 Å². The number of hydrogen-bond donors (Lipinski definition) is 1. The third-order valence-electron chi connectivity index (χ3n) is 3.92. The van der Waals surface area contributed by atoms with Gasteiger partial charge in [-0.15, -0.1) is 0 Å². The smallest absolute Gasteiger partial charge is 0.263 e. The van der Waals surface area contributed by atoms with Crippen molar-refractivity contribution in [3.05, 3.63) is 65.0 Å². The zero-order valence-corrected chi connectivity index (χ0v) is 13.0. The molecule has 0 radical (unpaired) electrons. The Hall–Kier alpha value is -3.02. The molecule has 3 amide bonds. The van der Waals surface area contributed by atoms with Crippen LogP contribution in [0.3, 0.4) is 0 Å². The van der Waals surface area contributed by atoms with E-state index < -0.39 is 5.91 Å². The first-order chi connectivity index (χ1) is 11.5. The van der Waals surface area contributed by atoms with Crippen LogP contribution in [0.4, 0.5) is 10.1 Å².